The molecule has 1 N–H and O–H groups in total. The normalized spacial score (nSPS) is 12.0. The van der Waals surface area contributed by atoms with Crippen molar-refractivity contribution in [1.82, 2.24) is 9.80 Å². The fourth-order valence-electron chi connectivity index (χ4n) is 3.88. The molecule has 0 saturated heterocycles. The number of carbonyl (C=O) groups is 2. The van der Waals surface area contributed by atoms with E-state index in [2.05, 4.69) is 5.32 Å². The van der Waals surface area contributed by atoms with Crippen LogP contribution in [0.2, 0.25) is 0 Å². The lowest BCUT2D eigenvalue weighted by Crippen LogP contribution is -2.45. The number of urea groups is 1. The zero-order valence-corrected chi connectivity index (χ0v) is 22.4. The van der Waals surface area contributed by atoms with Crippen LogP contribution in [0.15, 0.2) is 64.9 Å². The van der Waals surface area contributed by atoms with Crippen molar-refractivity contribution < 1.29 is 19.1 Å². The largest absolute Gasteiger partial charge is 0.454 e. The zero-order valence-electron chi connectivity index (χ0n) is 20.7. The Hall–Kier alpha value is -3.17. The molecule has 1 aromatic heterocycles. The van der Waals surface area contributed by atoms with E-state index in [-0.39, 0.29) is 31.2 Å². The average molecular weight is 526 g/mol. The predicted octanol–water partition coefficient (Wildman–Crippen LogP) is 5.92. The van der Waals surface area contributed by atoms with Gasteiger partial charge >= 0.3 is 6.03 Å². The Bertz CT molecular complexity index is 1170. The number of hydrogen-bond acceptors (Lipinski definition) is 6. The molecule has 190 valence electrons. The summed E-state index contributed by atoms with van der Waals surface area (Å²) in [7, 11) is 0. The van der Waals surface area contributed by atoms with Gasteiger partial charge in [0.25, 0.3) is 0 Å². The summed E-state index contributed by atoms with van der Waals surface area (Å²) < 4.78 is 10.9. The van der Waals surface area contributed by atoms with Crippen molar-refractivity contribution in [2.75, 3.05) is 31.5 Å². The van der Waals surface area contributed by atoms with Gasteiger partial charge in [0.15, 0.2) is 11.5 Å². The van der Waals surface area contributed by atoms with Gasteiger partial charge in [-0.2, -0.15) is 0 Å². The number of nitrogens with one attached hydrogen (secondary N) is 1. The quantitative estimate of drug-likeness (QED) is 0.333. The third kappa shape index (κ3) is 6.95. The van der Waals surface area contributed by atoms with Crippen LogP contribution in [0, 0.1) is 5.92 Å². The summed E-state index contributed by atoms with van der Waals surface area (Å²) >= 11 is 3.25. The van der Waals surface area contributed by atoms with Crippen molar-refractivity contribution in [3.63, 3.8) is 0 Å². The topological polar surface area (TPSA) is 71.1 Å². The second-order valence-corrected chi connectivity index (χ2v) is 10.9. The maximum absolute atomic E-state index is 13.6. The lowest BCUT2D eigenvalue weighted by atomic mass is 10.1. The Morgan fingerprint density at radius 1 is 1.03 bits per heavy atom. The number of anilines is 1. The molecule has 4 rings (SSSR count). The van der Waals surface area contributed by atoms with Gasteiger partial charge in [-0.25, -0.2) is 4.79 Å². The molecule has 1 aliphatic heterocycles. The van der Waals surface area contributed by atoms with Gasteiger partial charge in [-0.05, 0) is 65.6 Å². The highest BCUT2D eigenvalue weighted by atomic mass is 32.2. The molecule has 0 fully saturated rings. The summed E-state index contributed by atoms with van der Waals surface area (Å²) in [5, 5.41) is 4.94. The first-order chi connectivity index (χ1) is 17.4. The second kappa shape index (κ2) is 12.2. The molecule has 2 aromatic carbocycles. The Morgan fingerprint density at radius 3 is 2.50 bits per heavy atom. The third-order valence-corrected chi connectivity index (χ3v) is 7.23. The fraction of sp³-hybridized carbons (Fsp3) is 0.333. The summed E-state index contributed by atoms with van der Waals surface area (Å²) in [6, 6.07) is 17.1. The van der Waals surface area contributed by atoms with Crippen LogP contribution in [0.4, 0.5) is 10.5 Å². The Balaban J connectivity index is 1.49. The van der Waals surface area contributed by atoms with Gasteiger partial charge in [0, 0.05) is 28.5 Å². The molecule has 3 aromatic rings. The zero-order chi connectivity index (χ0) is 25.5. The SMILES string of the molecule is CSc1ccc(NC(=O)N(CC(=O)N(Cc2ccc3c(c2)OCO3)Cc2cccs2)CC(C)C)cc1. The fourth-order valence-corrected chi connectivity index (χ4v) is 5.01. The smallest absolute Gasteiger partial charge is 0.322 e. The van der Waals surface area contributed by atoms with E-state index in [9.17, 15) is 9.59 Å². The number of carbonyl (C=O) groups excluding carboxylic acids is 2. The minimum absolute atomic E-state index is 0.0111. The number of hydrogen-bond donors (Lipinski definition) is 1. The Kier molecular flexibility index (Phi) is 8.77. The standard InChI is InChI=1S/C27H31N3O4S2/c1-19(2)14-30(27(32)28-21-7-9-22(35-3)10-8-21)17-26(31)29(16-23-5-4-12-36-23)15-20-6-11-24-25(13-20)34-18-33-24/h4-13,19H,14-18H2,1-3H3,(H,28,32). The maximum Gasteiger partial charge on any atom is 0.322 e. The predicted molar refractivity (Wildman–Crippen MR) is 145 cm³/mol. The van der Waals surface area contributed by atoms with Crippen LogP contribution in [0.3, 0.4) is 0 Å². The molecule has 2 heterocycles. The highest BCUT2D eigenvalue weighted by Crippen LogP contribution is 2.33. The van der Waals surface area contributed by atoms with Gasteiger partial charge in [-0.15, -0.1) is 23.1 Å². The molecule has 0 spiro atoms. The number of thiophene rings is 1. The summed E-state index contributed by atoms with van der Waals surface area (Å²) in [6.45, 7) is 5.61. The molecule has 0 bridgehead atoms. The summed E-state index contributed by atoms with van der Waals surface area (Å²) in [6.07, 6.45) is 2.01. The molecule has 1 aliphatic rings. The van der Waals surface area contributed by atoms with Crippen LogP contribution in [0.25, 0.3) is 0 Å². The van der Waals surface area contributed by atoms with Gasteiger partial charge in [-0.3, -0.25) is 4.79 Å². The van der Waals surface area contributed by atoms with E-state index in [4.69, 9.17) is 9.47 Å². The van der Waals surface area contributed by atoms with Crippen molar-refractivity contribution >= 4 is 40.7 Å². The number of amides is 3. The van der Waals surface area contributed by atoms with Crippen molar-refractivity contribution in [3.05, 3.63) is 70.4 Å². The molecule has 0 aliphatic carbocycles. The molecular formula is C27H31N3O4S2. The third-order valence-electron chi connectivity index (χ3n) is 5.63. The Morgan fingerprint density at radius 2 is 1.81 bits per heavy atom. The summed E-state index contributed by atoms with van der Waals surface area (Å²) in [5.74, 6) is 1.49. The van der Waals surface area contributed by atoms with E-state index in [1.54, 1.807) is 32.9 Å². The number of rotatable bonds is 10. The van der Waals surface area contributed by atoms with Gasteiger partial charge in [0.2, 0.25) is 12.7 Å². The van der Waals surface area contributed by atoms with Gasteiger partial charge in [0.1, 0.15) is 6.54 Å². The molecule has 7 nitrogen and oxygen atoms in total. The van der Waals surface area contributed by atoms with Crippen molar-refractivity contribution in [3.8, 4) is 11.5 Å². The highest BCUT2D eigenvalue weighted by molar-refractivity contribution is 7.98. The van der Waals surface area contributed by atoms with E-state index >= 15 is 0 Å². The molecule has 36 heavy (non-hydrogen) atoms. The average Bonchev–Trinajstić information content (AvgIpc) is 3.55. The van der Waals surface area contributed by atoms with Crippen LogP contribution >= 0.6 is 23.1 Å². The minimum Gasteiger partial charge on any atom is -0.454 e. The van der Waals surface area contributed by atoms with Crippen LogP contribution in [0.1, 0.15) is 24.3 Å². The first-order valence-electron chi connectivity index (χ1n) is 11.8. The molecule has 0 atom stereocenters. The first-order valence-corrected chi connectivity index (χ1v) is 13.9. The van der Waals surface area contributed by atoms with E-state index < -0.39 is 0 Å². The van der Waals surface area contributed by atoms with Gasteiger partial charge < -0.3 is 24.6 Å². The molecular weight excluding hydrogens is 494 g/mol. The number of nitrogens with zero attached hydrogens (tertiary/aromatic N) is 2. The molecule has 0 unspecified atom stereocenters. The molecule has 0 radical (unpaired) electrons. The van der Waals surface area contributed by atoms with Crippen LogP contribution in [-0.2, 0) is 17.9 Å². The van der Waals surface area contributed by atoms with Crippen molar-refractivity contribution in [2.24, 2.45) is 5.92 Å². The van der Waals surface area contributed by atoms with E-state index in [0.29, 0.717) is 36.8 Å². The van der Waals surface area contributed by atoms with Crippen LogP contribution in [-0.4, -0.2) is 47.9 Å². The first kappa shape index (κ1) is 25.9. The number of ether oxygens (including phenoxy) is 2. The molecule has 9 heteroatoms. The second-order valence-electron chi connectivity index (χ2n) is 8.95. The molecule has 0 saturated carbocycles. The highest BCUT2D eigenvalue weighted by Gasteiger charge is 2.24. The molecule has 3 amide bonds. The van der Waals surface area contributed by atoms with Gasteiger partial charge in [0.05, 0.1) is 6.54 Å². The van der Waals surface area contributed by atoms with E-state index in [1.807, 2.05) is 80.1 Å². The van der Waals surface area contributed by atoms with Crippen LogP contribution < -0.4 is 14.8 Å². The van der Waals surface area contributed by atoms with E-state index in [0.717, 1.165) is 15.3 Å². The van der Waals surface area contributed by atoms with E-state index in [1.165, 1.54) is 0 Å². The number of thioether (sulfide) groups is 1. The maximum atomic E-state index is 13.6. The summed E-state index contributed by atoms with van der Waals surface area (Å²) in [4.78, 5) is 32.3. The monoisotopic (exact) mass is 525 g/mol. The van der Waals surface area contributed by atoms with Crippen molar-refractivity contribution in [1.29, 1.82) is 0 Å². The number of fused-ring (bicyclic) bond motifs is 1. The summed E-state index contributed by atoms with van der Waals surface area (Å²) in [5.41, 5.74) is 1.65. The lowest BCUT2D eigenvalue weighted by molar-refractivity contribution is -0.133. The van der Waals surface area contributed by atoms with Gasteiger partial charge in [-0.1, -0.05) is 26.0 Å². The Labute approximate surface area is 220 Å². The van der Waals surface area contributed by atoms with Crippen molar-refractivity contribution in [2.45, 2.75) is 31.8 Å². The minimum atomic E-state index is -0.284. The van der Waals surface area contributed by atoms with Crippen LogP contribution in [0.5, 0.6) is 11.5 Å². The number of benzene rings is 2. The lowest BCUT2D eigenvalue weighted by Gasteiger charge is -2.29.